The first-order valence-corrected chi connectivity index (χ1v) is 14.8. The van der Waals surface area contributed by atoms with Crippen LogP contribution in [0.15, 0.2) is 18.3 Å². The zero-order chi connectivity index (χ0) is 31.2. The topological polar surface area (TPSA) is 92.5 Å². The number of benzene rings is 1. The van der Waals surface area contributed by atoms with E-state index in [9.17, 15) is 32.7 Å². The summed E-state index contributed by atoms with van der Waals surface area (Å²) in [6, 6.07) is 2.34. The van der Waals surface area contributed by atoms with Gasteiger partial charge in [0, 0.05) is 11.6 Å². The van der Waals surface area contributed by atoms with E-state index in [0.717, 1.165) is 29.3 Å². The number of carboxylic acids is 1. The average Bonchev–Trinajstić information content (AvgIpc) is 3.33. The van der Waals surface area contributed by atoms with Gasteiger partial charge in [0.25, 0.3) is 5.91 Å². The van der Waals surface area contributed by atoms with Crippen LogP contribution < -0.4 is 0 Å². The third kappa shape index (κ3) is 6.53. The van der Waals surface area contributed by atoms with Crippen LogP contribution in [0.4, 0.5) is 13.2 Å². The molecule has 0 saturated heterocycles. The van der Waals surface area contributed by atoms with Crippen molar-refractivity contribution in [2.45, 2.75) is 104 Å². The summed E-state index contributed by atoms with van der Waals surface area (Å²) in [6.07, 6.45) is -0.549. The normalized spacial score (nSPS) is 23.0. The summed E-state index contributed by atoms with van der Waals surface area (Å²) in [6.45, 7) is 9.00. The number of ketones is 1. The molecule has 1 aromatic heterocycles. The van der Waals surface area contributed by atoms with Crippen LogP contribution >= 0.6 is 11.6 Å². The summed E-state index contributed by atoms with van der Waals surface area (Å²) in [5.74, 6) is -2.30. The van der Waals surface area contributed by atoms with Gasteiger partial charge in [-0.3, -0.25) is 19.1 Å². The van der Waals surface area contributed by atoms with E-state index in [1.165, 1.54) is 4.90 Å². The second kappa shape index (κ2) is 11.7. The van der Waals surface area contributed by atoms with E-state index in [4.69, 9.17) is 11.6 Å². The Kier molecular flexibility index (Phi) is 8.89. The van der Waals surface area contributed by atoms with E-state index in [1.54, 1.807) is 26.0 Å². The number of hydrogen-bond donors (Lipinski definition) is 1. The molecule has 11 heteroatoms. The number of alkyl halides is 3. The van der Waals surface area contributed by atoms with E-state index in [-0.39, 0.29) is 41.7 Å². The number of nitrogens with zero attached hydrogens (tertiary/aromatic N) is 3. The molecule has 42 heavy (non-hydrogen) atoms. The number of rotatable bonds is 7. The lowest BCUT2D eigenvalue weighted by Gasteiger charge is -2.40. The quantitative estimate of drug-likeness (QED) is 0.325. The zero-order valence-electron chi connectivity index (χ0n) is 24.8. The molecule has 2 aliphatic rings. The maximum atomic E-state index is 14.6. The molecular formula is C31H39ClF3N3O4. The highest BCUT2D eigenvalue weighted by molar-refractivity contribution is 6.34. The molecule has 0 aliphatic heterocycles. The third-order valence-corrected chi connectivity index (χ3v) is 9.55. The van der Waals surface area contributed by atoms with Gasteiger partial charge in [-0.1, -0.05) is 31.5 Å². The fourth-order valence-corrected chi connectivity index (χ4v) is 6.92. The van der Waals surface area contributed by atoms with E-state index < -0.39 is 59.1 Å². The average molecular weight is 610 g/mol. The van der Waals surface area contributed by atoms with Crippen LogP contribution in [0.2, 0.25) is 5.02 Å². The minimum atomic E-state index is -4.89. The number of halogens is 4. The number of aliphatic carboxylic acids is 1. The van der Waals surface area contributed by atoms with Crippen LogP contribution in [0.1, 0.15) is 116 Å². The number of aryl methyl sites for hydroxylation is 2. The van der Waals surface area contributed by atoms with E-state index in [1.807, 2.05) is 6.92 Å². The first-order valence-electron chi connectivity index (χ1n) is 14.4. The van der Waals surface area contributed by atoms with Crippen molar-refractivity contribution in [3.63, 3.8) is 0 Å². The highest BCUT2D eigenvalue weighted by atomic mass is 35.5. The van der Waals surface area contributed by atoms with Crippen molar-refractivity contribution >= 4 is 29.3 Å². The Hall–Kier alpha value is -2.88. The fourth-order valence-electron chi connectivity index (χ4n) is 6.50. The minimum Gasteiger partial charge on any atom is -0.481 e. The van der Waals surface area contributed by atoms with Crippen molar-refractivity contribution in [2.75, 3.05) is 6.54 Å². The molecule has 0 bridgehead atoms. The Balaban J connectivity index is 1.70. The molecule has 0 unspecified atom stereocenters. The second-order valence-electron chi connectivity index (χ2n) is 13.1. The van der Waals surface area contributed by atoms with Crippen molar-refractivity contribution in [3.8, 4) is 0 Å². The van der Waals surface area contributed by atoms with Gasteiger partial charge in [-0.15, -0.1) is 0 Å². The smallest absolute Gasteiger partial charge is 0.433 e. The van der Waals surface area contributed by atoms with Gasteiger partial charge in [-0.25, -0.2) is 0 Å². The van der Waals surface area contributed by atoms with Crippen LogP contribution in [0.5, 0.6) is 0 Å². The molecular weight excluding hydrogens is 571 g/mol. The summed E-state index contributed by atoms with van der Waals surface area (Å²) in [7, 11) is 0. The number of carbonyl (C=O) groups is 3. The first kappa shape index (κ1) is 32.0. The van der Waals surface area contributed by atoms with Gasteiger partial charge in [0.2, 0.25) is 0 Å². The molecule has 1 amide bonds. The summed E-state index contributed by atoms with van der Waals surface area (Å²) < 4.78 is 44.7. The molecule has 1 N–H and O–H groups in total. The van der Waals surface area contributed by atoms with Gasteiger partial charge >= 0.3 is 12.1 Å². The summed E-state index contributed by atoms with van der Waals surface area (Å²) in [5, 5.41) is 13.8. The molecule has 230 valence electrons. The standard InChI is InChI=1S/C31H39ClF3N3O4/c1-18-14-19(2)25(23(32)15-18)24(39)17-37(20-6-10-29(3,4)11-7-20)27(40)22-16-36-38(26(22)31(33,34)35)21-8-12-30(5,13-9-21)28(41)42/h14-16,20-21H,6-13,17H2,1-5H3,(H,41,42)/t21-,30-. The summed E-state index contributed by atoms with van der Waals surface area (Å²) in [4.78, 5) is 40.6. The van der Waals surface area contributed by atoms with Crippen molar-refractivity contribution in [2.24, 2.45) is 10.8 Å². The van der Waals surface area contributed by atoms with Crippen molar-refractivity contribution in [1.29, 1.82) is 0 Å². The molecule has 2 aromatic rings. The SMILES string of the molecule is Cc1cc(C)c(C(=O)CN(C(=O)c2cnn([C@H]3CC[C@](C)(C(=O)O)CC3)c2C(F)(F)F)C2CCC(C)(C)CC2)c(Cl)c1. The molecule has 0 spiro atoms. The van der Waals surface area contributed by atoms with E-state index >= 15 is 0 Å². The Morgan fingerprint density at radius 2 is 1.64 bits per heavy atom. The number of hydrogen-bond acceptors (Lipinski definition) is 4. The number of aromatic nitrogens is 2. The largest absolute Gasteiger partial charge is 0.481 e. The van der Waals surface area contributed by atoms with Gasteiger partial charge in [-0.05, 0) is 94.7 Å². The third-order valence-electron chi connectivity index (χ3n) is 9.25. The fraction of sp³-hybridized carbons (Fsp3) is 0.613. The molecule has 2 fully saturated rings. The maximum absolute atomic E-state index is 14.6. The van der Waals surface area contributed by atoms with Crippen molar-refractivity contribution in [1.82, 2.24) is 14.7 Å². The maximum Gasteiger partial charge on any atom is 0.433 e. The molecule has 1 aromatic carbocycles. The zero-order valence-corrected chi connectivity index (χ0v) is 25.5. The molecule has 4 rings (SSSR count). The van der Waals surface area contributed by atoms with Gasteiger partial charge in [0.15, 0.2) is 11.5 Å². The lowest BCUT2D eigenvalue weighted by atomic mass is 9.74. The van der Waals surface area contributed by atoms with Gasteiger partial charge in [0.1, 0.15) is 0 Å². The Morgan fingerprint density at radius 3 is 2.17 bits per heavy atom. The predicted octanol–water partition coefficient (Wildman–Crippen LogP) is 7.67. The molecule has 7 nitrogen and oxygen atoms in total. The Labute approximate surface area is 249 Å². The van der Waals surface area contributed by atoms with Gasteiger partial charge in [0.05, 0.1) is 34.8 Å². The number of carboxylic acid groups (broad SMARTS) is 1. The van der Waals surface area contributed by atoms with Crippen LogP contribution in [-0.2, 0) is 11.0 Å². The van der Waals surface area contributed by atoms with E-state index in [2.05, 4.69) is 18.9 Å². The van der Waals surface area contributed by atoms with Crippen LogP contribution in [0.3, 0.4) is 0 Å². The molecule has 1 heterocycles. The number of Topliss-reactive ketones (excluding diaryl/α,β-unsaturated/α-hetero) is 1. The number of carbonyl (C=O) groups excluding carboxylic acids is 2. The van der Waals surface area contributed by atoms with Crippen LogP contribution in [0.25, 0.3) is 0 Å². The first-order chi connectivity index (χ1) is 19.4. The van der Waals surface area contributed by atoms with Crippen LogP contribution in [0, 0.1) is 24.7 Å². The lowest BCUT2D eigenvalue weighted by Crippen LogP contribution is -2.46. The monoisotopic (exact) mass is 609 g/mol. The van der Waals surface area contributed by atoms with Crippen molar-refractivity contribution in [3.05, 3.63) is 51.3 Å². The van der Waals surface area contributed by atoms with Crippen LogP contribution in [-0.4, -0.2) is 50.0 Å². The van der Waals surface area contributed by atoms with Gasteiger partial charge in [-0.2, -0.15) is 18.3 Å². The predicted molar refractivity (Wildman–Crippen MR) is 153 cm³/mol. The molecule has 0 atom stereocenters. The molecule has 2 saturated carbocycles. The molecule has 2 aliphatic carbocycles. The Morgan fingerprint density at radius 1 is 1.05 bits per heavy atom. The van der Waals surface area contributed by atoms with E-state index in [0.29, 0.717) is 18.4 Å². The summed E-state index contributed by atoms with van der Waals surface area (Å²) in [5.41, 5.74) is -0.983. The minimum absolute atomic E-state index is 0.0273. The second-order valence-corrected chi connectivity index (χ2v) is 13.5. The number of amides is 1. The van der Waals surface area contributed by atoms with Crippen molar-refractivity contribution < 1.29 is 32.7 Å². The lowest BCUT2D eigenvalue weighted by molar-refractivity contribution is -0.152. The van der Waals surface area contributed by atoms with Gasteiger partial charge < -0.3 is 10.0 Å². The Bertz CT molecular complexity index is 1340. The highest BCUT2D eigenvalue weighted by Gasteiger charge is 2.46. The molecule has 0 radical (unpaired) electrons. The summed E-state index contributed by atoms with van der Waals surface area (Å²) >= 11 is 6.42. The highest BCUT2D eigenvalue weighted by Crippen LogP contribution is 2.44.